The molecule has 214 valence electrons. The molecular formula is C40H32N2S2. The number of hydrogen-bond acceptors (Lipinski definition) is 4. The van der Waals surface area contributed by atoms with Crippen LogP contribution in [0.1, 0.15) is 61.1 Å². The molecule has 5 aromatic carbocycles. The molecule has 0 bridgehead atoms. The molecule has 0 saturated heterocycles. The van der Waals surface area contributed by atoms with Gasteiger partial charge in [-0.2, -0.15) is 0 Å². The first-order valence-electron chi connectivity index (χ1n) is 15.3. The summed E-state index contributed by atoms with van der Waals surface area (Å²) in [5.41, 5.74) is 18.5. The lowest BCUT2D eigenvalue weighted by Gasteiger charge is -2.32. The lowest BCUT2D eigenvalue weighted by molar-refractivity contribution is 0.600. The van der Waals surface area contributed by atoms with E-state index in [2.05, 4.69) is 126 Å². The fourth-order valence-corrected chi connectivity index (χ4v) is 9.93. The van der Waals surface area contributed by atoms with Crippen LogP contribution >= 0.6 is 22.7 Å². The van der Waals surface area contributed by atoms with Crippen molar-refractivity contribution in [2.24, 2.45) is 0 Å². The summed E-state index contributed by atoms with van der Waals surface area (Å²) in [7, 11) is 0. The van der Waals surface area contributed by atoms with Gasteiger partial charge in [0, 0.05) is 22.0 Å². The van der Waals surface area contributed by atoms with Crippen LogP contribution < -0.4 is 0 Å². The van der Waals surface area contributed by atoms with Crippen LogP contribution in [-0.2, 0) is 10.8 Å². The van der Waals surface area contributed by atoms with E-state index in [-0.39, 0.29) is 10.8 Å². The second-order valence-corrected chi connectivity index (χ2v) is 15.6. The first-order valence-corrected chi connectivity index (χ1v) is 17.0. The van der Waals surface area contributed by atoms with Crippen LogP contribution in [0.4, 0.5) is 0 Å². The van der Waals surface area contributed by atoms with Crippen molar-refractivity contribution >= 4 is 43.1 Å². The normalized spacial score (nSPS) is 15.4. The molecule has 4 heteroatoms. The van der Waals surface area contributed by atoms with Crippen molar-refractivity contribution in [1.82, 2.24) is 9.97 Å². The number of fused-ring (bicyclic) bond motifs is 9. The van der Waals surface area contributed by atoms with Gasteiger partial charge in [-0.3, -0.25) is 0 Å². The Kier molecular flexibility index (Phi) is 5.23. The highest BCUT2D eigenvalue weighted by Crippen LogP contribution is 2.61. The lowest BCUT2D eigenvalue weighted by Crippen LogP contribution is -2.24. The van der Waals surface area contributed by atoms with E-state index in [1.165, 1.54) is 76.2 Å². The molecule has 0 aliphatic heterocycles. The van der Waals surface area contributed by atoms with Crippen LogP contribution in [0.3, 0.4) is 0 Å². The predicted molar refractivity (Wildman–Crippen MR) is 188 cm³/mol. The van der Waals surface area contributed by atoms with Crippen molar-refractivity contribution in [1.29, 1.82) is 0 Å². The summed E-state index contributed by atoms with van der Waals surface area (Å²) in [5.74, 6) is 0. The standard InChI is InChI=1S/C40H32N2S2/c1-21-22(2)34-26-18-16-24(38-42-30-12-8-10-14-32(30)44-38)20-28(26)40(5,6)36(34)35-33(21)25-17-15-23(19-27(25)39(35,3)4)37-41-29-11-7-9-13-31(29)43-37/h7-20H,1-6H3. The molecule has 0 atom stereocenters. The molecule has 0 fully saturated rings. The molecule has 0 N–H and O–H groups in total. The Morgan fingerprint density at radius 3 is 1.34 bits per heavy atom. The fraction of sp³-hybridized carbons (Fsp3) is 0.200. The zero-order chi connectivity index (χ0) is 30.1. The molecule has 0 unspecified atom stereocenters. The average molecular weight is 605 g/mol. The summed E-state index contributed by atoms with van der Waals surface area (Å²) >= 11 is 3.56. The third-order valence-corrected chi connectivity index (χ3v) is 12.5. The van der Waals surface area contributed by atoms with Crippen LogP contribution in [0.5, 0.6) is 0 Å². The van der Waals surface area contributed by atoms with E-state index in [0.29, 0.717) is 0 Å². The van der Waals surface area contributed by atoms with Crippen LogP contribution in [0.2, 0.25) is 0 Å². The lowest BCUT2D eigenvalue weighted by atomic mass is 9.71. The summed E-state index contributed by atoms with van der Waals surface area (Å²) in [5, 5.41) is 2.18. The largest absolute Gasteiger partial charge is 0.236 e. The molecule has 2 aliphatic rings. The smallest absolute Gasteiger partial charge is 0.124 e. The van der Waals surface area contributed by atoms with Gasteiger partial charge in [0.1, 0.15) is 10.0 Å². The van der Waals surface area contributed by atoms with Gasteiger partial charge >= 0.3 is 0 Å². The Morgan fingerprint density at radius 1 is 0.523 bits per heavy atom. The summed E-state index contributed by atoms with van der Waals surface area (Å²) in [6.07, 6.45) is 0. The van der Waals surface area contributed by atoms with Crippen LogP contribution in [0, 0.1) is 13.8 Å². The minimum atomic E-state index is -0.144. The van der Waals surface area contributed by atoms with Gasteiger partial charge in [0.25, 0.3) is 0 Å². The van der Waals surface area contributed by atoms with E-state index in [4.69, 9.17) is 9.97 Å². The van der Waals surface area contributed by atoms with Crippen molar-refractivity contribution in [3.05, 3.63) is 118 Å². The molecule has 9 rings (SSSR count). The second-order valence-electron chi connectivity index (χ2n) is 13.5. The molecule has 2 aromatic heterocycles. The third kappa shape index (κ3) is 3.36. The minimum absolute atomic E-state index is 0.144. The fourth-order valence-electron chi connectivity index (χ4n) is 8.01. The van der Waals surface area contributed by atoms with Gasteiger partial charge in [-0.15, -0.1) is 22.7 Å². The van der Waals surface area contributed by atoms with E-state index in [9.17, 15) is 0 Å². The van der Waals surface area contributed by atoms with Gasteiger partial charge in [-0.1, -0.05) is 76.2 Å². The molecule has 44 heavy (non-hydrogen) atoms. The first-order chi connectivity index (χ1) is 21.1. The van der Waals surface area contributed by atoms with E-state index in [1.54, 1.807) is 22.7 Å². The van der Waals surface area contributed by atoms with Gasteiger partial charge in [0.15, 0.2) is 0 Å². The summed E-state index contributed by atoms with van der Waals surface area (Å²) in [4.78, 5) is 10.0. The molecule has 2 nitrogen and oxygen atoms in total. The molecule has 0 spiro atoms. The zero-order valence-electron chi connectivity index (χ0n) is 25.8. The van der Waals surface area contributed by atoms with Crippen molar-refractivity contribution in [3.63, 3.8) is 0 Å². The van der Waals surface area contributed by atoms with Crippen LogP contribution in [0.15, 0.2) is 84.9 Å². The molecule has 7 aromatic rings. The van der Waals surface area contributed by atoms with Crippen LogP contribution in [0.25, 0.3) is 63.8 Å². The highest BCUT2D eigenvalue weighted by molar-refractivity contribution is 7.22. The Balaban J connectivity index is 1.23. The van der Waals surface area contributed by atoms with Crippen molar-refractivity contribution in [2.75, 3.05) is 0 Å². The number of para-hydroxylation sites is 2. The predicted octanol–water partition coefficient (Wildman–Crippen LogP) is 11.5. The number of thiazole rings is 2. The van der Waals surface area contributed by atoms with Gasteiger partial charge in [-0.05, 0) is 106 Å². The van der Waals surface area contributed by atoms with Gasteiger partial charge in [0.2, 0.25) is 0 Å². The van der Waals surface area contributed by atoms with Gasteiger partial charge < -0.3 is 0 Å². The first kappa shape index (κ1) is 26.3. The number of hydrogen-bond donors (Lipinski definition) is 0. The summed E-state index contributed by atoms with van der Waals surface area (Å²) in [6.45, 7) is 14.4. The maximum atomic E-state index is 5.01. The monoisotopic (exact) mass is 604 g/mol. The van der Waals surface area contributed by atoms with E-state index >= 15 is 0 Å². The molecule has 0 saturated carbocycles. The van der Waals surface area contributed by atoms with Crippen molar-refractivity contribution in [3.8, 4) is 43.4 Å². The number of rotatable bonds is 2. The molecular weight excluding hydrogens is 573 g/mol. The Morgan fingerprint density at radius 2 is 0.932 bits per heavy atom. The number of aromatic nitrogens is 2. The average Bonchev–Trinajstić information content (AvgIpc) is 3.75. The Labute approximate surface area is 266 Å². The van der Waals surface area contributed by atoms with Gasteiger partial charge in [0.05, 0.1) is 20.4 Å². The van der Waals surface area contributed by atoms with Crippen LogP contribution in [-0.4, -0.2) is 9.97 Å². The summed E-state index contributed by atoms with van der Waals surface area (Å²) < 4.78 is 2.47. The van der Waals surface area contributed by atoms with E-state index < -0.39 is 0 Å². The van der Waals surface area contributed by atoms with E-state index in [1.807, 2.05) is 0 Å². The maximum absolute atomic E-state index is 5.01. The maximum Gasteiger partial charge on any atom is 0.124 e. The van der Waals surface area contributed by atoms with E-state index in [0.717, 1.165) is 21.0 Å². The van der Waals surface area contributed by atoms with Gasteiger partial charge in [-0.25, -0.2) is 9.97 Å². The zero-order valence-corrected chi connectivity index (χ0v) is 27.4. The highest BCUT2D eigenvalue weighted by Gasteiger charge is 2.47. The molecule has 2 aliphatic carbocycles. The highest BCUT2D eigenvalue weighted by atomic mass is 32.1. The molecule has 2 heterocycles. The van der Waals surface area contributed by atoms with Crippen molar-refractivity contribution in [2.45, 2.75) is 52.4 Å². The number of nitrogens with zero attached hydrogens (tertiary/aromatic N) is 2. The number of benzene rings is 5. The Hall–Kier alpha value is -4.12. The minimum Gasteiger partial charge on any atom is -0.236 e. The molecule has 0 amide bonds. The van der Waals surface area contributed by atoms with Crippen molar-refractivity contribution < 1.29 is 0 Å². The topological polar surface area (TPSA) is 25.8 Å². The SMILES string of the molecule is Cc1c(C)c2c(c3c1-c1ccc(-c4nc5ccccc5s4)cc1C3(C)C)C(C)(C)c1cc(-c3nc4ccccc4s3)ccc1-2. The quantitative estimate of drug-likeness (QED) is 0.196. The second kappa shape index (κ2) is 8.74. The summed E-state index contributed by atoms with van der Waals surface area (Å²) in [6, 6.07) is 31.0. The molecule has 0 radical (unpaired) electrons. The Bertz CT molecular complexity index is 2130. The third-order valence-electron chi connectivity index (χ3n) is 10.3.